The second kappa shape index (κ2) is 8.31. The van der Waals surface area contributed by atoms with Crippen LogP contribution in [-0.4, -0.2) is 52.0 Å². The third kappa shape index (κ3) is 4.31. The van der Waals surface area contributed by atoms with Crippen molar-refractivity contribution in [1.82, 2.24) is 24.6 Å². The summed E-state index contributed by atoms with van der Waals surface area (Å²) in [6.45, 7) is 1.98. The predicted octanol–water partition coefficient (Wildman–Crippen LogP) is 2.06. The van der Waals surface area contributed by atoms with Gasteiger partial charge < -0.3 is 15.0 Å². The fourth-order valence-corrected chi connectivity index (χ4v) is 4.01. The molecular weight excluding hydrogens is 370 g/mol. The maximum atomic E-state index is 12.5. The minimum atomic E-state index is -0.0161. The van der Waals surface area contributed by atoms with E-state index in [0.29, 0.717) is 25.7 Å². The number of hydrogen-bond acceptors (Lipinski definition) is 4. The summed E-state index contributed by atoms with van der Waals surface area (Å²) in [5, 5.41) is 7.52. The van der Waals surface area contributed by atoms with Gasteiger partial charge in [-0.15, -0.1) is 0 Å². The van der Waals surface area contributed by atoms with E-state index in [1.54, 1.807) is 14.2 Å². The number of nitrogens with zero attached hydrogens (tertiary/aromatic N) is 4. The third-order valence-corrected chi connectivity index (χ3v) is 5.89. The monoisotopic (exact) mass is 399 g/mol. The highest BCUT2D eigenvalue weighted by molar-refractivity contribution is 5.74. The number of carbonyl (C=O) groups excluding carboxylic acids is 1. The topological polar surface area (TPSA) is 81.4 Å². The number of likely N-dealkylation sites (tertiary alicyclic amines) is 1. The molecule has 2 aliphatic rings. The van der Waals surface area contributed by atoms with E-state index in [0.717, 1.165) is 49.2 Å². The molecule has 2 aromatic rings. The van der Waals surface area contributed by atoms with Crippen molar-refractivity contribution in [3.63, 3.8) is 0 Å². The highest BCUT2D eigenvalue weighted by atomic mass is 16.5. The molecule has 2 heterocycles. The Morgan fingerprint density at radius 3 is 2.48 bits per heavy atom. The largest absolute Gasteiger partial charge is 0.497 e. The number of nitrogens with one attached hydrogen (secondary N) is 1. The van der Waals surface area contributed by atoms with Crippen LogP contribution in [0.15, 0.2) is 29.1 Å². The summed E-state index contributed by atoms with van der Waals surface area (Å²) in [6.07, 6.45) is 4.60. The molecule has 1 N–H and O–H groups in total. The van der Waals surface area contributed by atoms with Crippen LogP contribution < -0.4 is 15.7 Å². The van der Waals surface area contributed by atoms with E-state index in [1.165, 1.54) is 4.68 Å². The lowest BCUT2D eigenvalue weighted by Crippen LogP contribution is -2.45. The normalized spacial score (nSPS) is 17.4. The molecule has 1 saturated heterocycles. The molecule has 1 aromatic carbocycles. The van der Waals surface area contributed by atoms with Gasteiger partial charge in [-0.05, 0) is 49.8 Å². The van der Waals surface area contributed by atoms with Crippen molar-refractivity contribution in [2.45, 2.75) is 44.1 Å². The minimum absolute atomic E-state index is 0.0128. The van der Waals surface area contributed by atoms with Crippen LogP contribution in [0.25, 0.3) is 0 Å². The molecule has 2 fully saturated rings. The van der Waals surface area contributed by atoms with Crippen molar-refractivity contribution in [3.8, 4) is 5.75 Å². The van der Waals surface area contributed by atoms with Crippen LogP contribution in [0.3, 0.4) is 0 Å². The second-order valence-corrected chi connectivity index (χ2v) is 7.96. The molecule has 4 rings (SSSR count). The number of piperidine rings is 1. The highest BCUT2D eigenvalue weighted by Gasteiger charge is 2.34. The van der Waals surface area contributed by atoms with Crippen molar-refractivity contribution >= 4 is 6.03 Å². The summed E-state index contributed by atoms with van der Waals surface area (Å²) >= 11 is 0. The van der Waals surface area contributed by atoms with Gasteiger partial charge in [-0.25, -0.2) is 14.3 Å². The second-order valence-electron chi connectivity index (χ2n) is 7.96. The highest BCUT2D eigenvalue weighted by Crippen LogP contribution is 2.37. The number of methoxy groups -OCH3 is 1. The summed E-state index contributed by atoms with van der Waals surface area (Å²) in [5.74, 6) is 1.98. The zero-order chi connectivity index (χ0) is 20.4. The summed E-state index contributed by atoms with van der Waals surface area (Å²) in [7, 11) is 3.37. The van der Waals surface area contributed by atoms with E-state index < -0.39 is 0 Å². The number of aromatic nitrogens is 3. The number of hydrogen-bond donors (Lipinski definition) is 1. The van der Waals surface area contributed by atoms with E-state index in [1.807, 2.05) is 33.7 Å². The Morgan fingerprint density at radius 2 is 1.86 bits per heavy atom. The Labute approximate surface area is 170 Å². The van der Waals surface area contributed by atoms with Gasteiger partial charge in [-0.3, -0.25) is 4.57 Å². The minimum Gasteiger partial charge on any atom is -0.497 e. The van der Waals surface area contributed by atoms with Gasteiger partial charge >= 0.3 is 11.7 Å². The van der Waals surface area contributed by atoms with Gasteiger partial charge in [0.1, 0.15) is 11.6 Å². The van der Waals surface area contributed by atoms with Crippen molar-refractivity contribution in [1.29, 1.82) is 0 Å². The van der Waals surface area contributed by atoms with Gasteiger partial charge in [0.25, 0.3) is 0 Å². The standard InChI is InChI=1S/C21H29N5O3/c1-24-21(28)26(17-5-6-17)19(23-24)16-10-13-25(14-11-16)20(27)22-12-9-15-3-7-18(29-2)8-4-15/h3-4,7-8,16-17H,5-6,9-14H2,1-2H3,(H,22,27). The Bertz CT molecular complexity index is 905. The molecule has 0 radical (unpaired) electrons. The van der Waals surface area contributed by atoms with Gasteiger partial charge in [-0.2, -0.15) is 5.10 Å². The average molecular weight is 399 g/mol. The first-order valence-electron chi connectivity index (χ1n) is 10.4. The first-order chi connectivity index (χ1) is 14.1. The Balaban J connectivity index is 1.26. The zero-order valence-electron chi connectivity index (χ0n) is 17.1. The maximum Gasteiger partial charge on any atom is 0.345 e. The van der Waals surface area contributed by atoms with Crippen molar-refractivity contribution in [2.75, 3.05) is 26.7 Å². The first kappa shape index (κ1) is 19.5. The molecule has 156 valence electrons. The molecule has 8 nitrogen and oxygen atoms in total. The number of benzene rings is 1. The molecule has 2 amide bonds. The van der Waals surface area contributed by atoms with Crippen LogP contribution in [0, 0.1) is 0 Å². The molecular formula is C21H29N5O3. The van der Waals surface area contributed by atoms with Crippen LogP contribution in [-0.2, 0) is 13.5 Å². The number of amides is 2. The molecule has 1 saturated carbocycles. The number of ether oxygens (including phenoxy) is 1. The van der Waals surface area contributed by atoms with Crippen molar-refractivity contribution < 1.29 is 9.53 Å². The molecule has 0 bridgehead atoms. The maximum absolute atomic E-state index is 12.5. The Hall–Kier alpha value is -2.77. The molecule has 0 unspecified atom stereocenters. The molecule has 0 spiro atoms. The van der Waals surface area contributed by atoms with E-state index in [4.69, 9.17) is 4.74 Å². The molecule has 1 aromatic heterocycles. The fraction of sp³-hybridized carbons (Fsp3) is 0.571. The fourth-order valence-electron chi connectivity index (χ4n) is 4.01. The van der Waals surface area contributed by atoms with E-state index in [2.05, 4.69) is 10.4 Å². The van der Waals surface area contributed by atoms with Gasteiger partial charge in [0, 0.05) is 38.6 Å². The van der Waals surface area contributed by atoms with Crippen LogP contribution in [0.2, 0.25) is 0 Å². The lowest BCUT2D eigenvalue weighted by molar-refractivity contribution is 0.180. The Kier molecular flexibility index (Phi) is 5.60. The summed E-state index contributed by atoms with van der Waals surface area (Å²) < 4.78 is 8.50. The Morgan fingerprint density at radius 1 is 1.17 bits per heavy atom. The van der Waals surface area contributed by atoms with Gasteiger partial charge in [0.05, 0.1) is 7.11 Å². The molecule has 1 aliphatic carbocycles. The molecule has 29 heavy (non-hydrogen) atoms. The summed E-state index contributed by atoms with van der Waals surface area (Å²) in [5.41, 5.74) is 1.15. The third-order valence-electron chi connectivity index (χ3n) is 5.89. The van der Waals surface area contributed by atoms with Crippen molar-refractivity contribution in [2.24, 2.45) is 7.05 Å². The van der Waals surface area contributed by atoms with Gasteiger partial charge in [0.15, 0.2) is 0 Å². The first-order valence-corrected chi connectivity index (χ1v) is 10.4. The summed E-state index contributed by atoms with van der Waals surface area (Å²) in [6, 6.07) is 8.20. The lowest BCUT2D eigenvalue weighted by atomic mass is 9.96. The average Bonchev–Trinajstić information content (AvgIpc) is 3.54. The van der Waals surface area contributed by atoms with Crippen LogP contribution in [0.1, 0.15) is 49.0 Å². The predicted molar refractivity (Wildman–Crippen MR) is 109 cm³/mol. The number of rotatable bonds is 6. The SMILES string of the molecule is COc1ccc(CCNC(=O)N2CCC(c3nn(C)c(=O)n3C3CC3)CC2)cc1. The van der Waals surface area contributed by atoms with Crippen LogP contribution >= 0.6 is 0 Å². The van der Waals surface area contributed by atoms with Crippen molar-refractivity contribution in [3.05, 3.63) is 46.1 Å². The smallest absolute Gasteiger partial charge is 0.345 e. The quantitative estimate of drug-likeness (QED) is 0.806. The van der Waals surface area contributed by atoms with E-state index in [-0.39, 0.29) is 17.6 Å². The molecule has 1 aliphatic heterocycles. The van der Waals surface area contributed by atoms with Gasteiger partial charge in [-0.1, -0.05) is 12.1 Å². The van der Waals surface area contributed by atoms with E-state index in [9.17, 15) is 9.59 Å². The van der Waals surface area contributed by atoms with Crippen LogP contribution in [0.5, 0.6) is 5.75 Å². The molecule has 0 atom stereocenters. The lowest BCUT2D eigenvalue weighted by Gasteiger charge is -2.31. The summed E-state index contributed by atoms with van der Waals surface area (Å²) in [4.78, 5) is 26.7. The zero-order valence-corrected chi connectivity index (χ0v) is 17.1. The number of carbonyl (C=O) groups is 1. The van der Waals surface area contributed by atoms with Crippen LogP contribution in [0.4, 0.5) is 4.79 Å². The molecule has 8 heteroatoms. The van der Waals surface area contributed by atoms with Gasteiger partial charge in [0.2, 0.25) is 0 Å². The number of aryl methyl sites for hydroxylation is 1. The van der Waals surface area contributed by atoms with E-state index >= 15 is 0 Å². The number of urea groups is 1.